The summed E-state index contributed by atoms with van der Waals surface area (Å²) in [6.07, 6.45) is 3.06. The number of anilines is 1. The summed E-state index contributed by atoms with van der Waals surface area (Å²) in [6.45, 7) is 3.76. The van der Waals surface area contributed by atoms with Crippen molar-refractivity contribution in [1.29, 1.82) is 0 Å². The first-order valence-electron chi connectivity index (χ1n) is 8.32. The zero-order chi connectivity index (χ0) is 20.2. The molecule has 0 atom stereocenters. The lowest BCUT2D eigenvalue weighted by molar-refractivity contribution is -0.111. The molecule has 0 aliphatic rings. The molecule has 1 amide bonds. The van der Waals surface area contributed by atoms with Crippen LogP contribution < -0.4 is 10.1 Å². The monoisotopic (exact) mass is 388 g/mol. The van der Waals surface area contributed by atoms with Gasteiger partial charge in [-0.25, -0.2) is 12.7 Å². The number of nitrogens with one attached hydrogen (secondary N) is 1. The summed E-state index contributed by atoms with van der Waals surface area (Å²) in [5.74, 6) is 0.306. The number of aryl methyl sites for hydroxylation is 2. The molecule has 1 N–H and O–H groups in total. The van der Waals surface area contributed by atoms with Crippen molar-refractivity contribution in [2.24, 2.45) is 0 Å². The lowest BCUT2D eigenvalue weighted by Gasteiger charge is -2.14. The van der Waals surface area contributed by atoms with Crippen LogP contribution in [0, 0.1) is 13.8 Å². The number of hydrogen-bond donors (Lipinski definition) is 1. The van der Waals surface area contributed by atoms with E-state index >= 15 is 0 Å². The predicted octanol–water partition coefficient (Wildman–Crippen LogP) is 3.21. The number of benzene rings is 2. The number of carbonyl (C=O) groups excluding carboxylic acids is 1. The van der Waals surface area contributed by atoms with Crippen LogP contribution in [0.15, 0.2) is 47.4 Å². The molecule has 0 saturated heterocycles. The standard InChI is InChI=1S/C20H24N2O4S/c1-14-6-10-19(26-5)16(12-14)8-11-20(23)21-18-13-17(9-7-15(18)2)27(24,25)22(3)4/h6-13H,1-5H3,(H,21,23)/b11-8+. The smallest absolute Gasteiger partial charge is 0.248 e. The third kappa shape index (κ3) is 4.96. The van der Waals surface area contributed by atoms with Gasteiger partial charge in [-0.1, -0.05) is 17.7 Å². The number of hydrogen-bond acceptors (Lipinski definition) is 4. The van der Waals surface area contributed by atoms with Crippen molar-refractivity contribution >= 4 is 27.7 Å². The van der Waals surface area contributed by atoms with Crippen molar-refractivity contribution in [1.82, 2.24) is 4.31 Å². The maximum Gasteiger partial charge on any atom is 0.248 e. The van der Waals surface area contributed by atoms with Crippen molar-refractivity contribution in [3.63, 3.8) is 0 Å². The minimum absolute atomic E-state index is 0.123. The number of methoxy groups -OCH3 is 1. The fourth-order valence-corrected chi connectivity index (χ4v) is 3.36. The van der Waals surface area contributed by atoms with Gasteiger partial charge in [-0.05, 0) is 49.8 Å². The maximum absolute atomic E-state index is 12.3. The number of sulfonamides is 1. The van der Waals surface area contributed by atoms with E-state index in [1.807, 2.05) is 25.1 Å². The van der Waals surface area contributed by atoms with Crippen LogP contribution in [0.1, 0.15) is 16.7 Å². The Labute approximate surface area is 160 Å². The summed E-state index contributed by atoms with van der Waals surface area (Å²) < 4.78 is 31.0. The first-order chi connectivity index (χ1) is 12.6. The Kier molecular flexibility index (Phi) is 6.41. The largest absolute Gasteiger partial charge is 0.496 e. The zero-order valence-corrected chi connectivity index (χ0v) is 16.9. The Bertz CT molecular complexity index is 979. The highest BCUT2D eigenvalue weighted by Crippen LogP contribution is 2.23. The lowest BCUT2D eigenvalue weighted by Crippen LogP contribution is -2.22. The van der Waals surface area contributed by atoms with Gasteiger partial charge < -0.3 is 10.1 Å². The van der Waals surface area contributed by atoms with Gasteiger partial charge in [0, 0.05) is 31.4 Å². The van der Waals surface area contributed by atoms with Crippen molar-refractivity contribution in [2.75, 3.05) is 26.5 Å². The Balaban J connectivity index is 2.25. The van der Waals surface area contributed by atoms with Crippen molar-refractivity contribution in [3.8, 4) is 5.75 Å². The van der Waals surface area contributed by atoms with E-state index in [1.54, 1.807) is 26.2 Å². The summed E-state index contributed by atoms with van der Waals surface area (Å²) in [4.78, 5) is 12.4. The van der Waals surface area contributed by atoms with E-state index in [4.69, 9.17) is 4.74 Å². The van der Waals surface area contributed by atoms with Crippen LogP contribution in [-0.4, -0.2) is 39.8 Å². The number of amides is 1. The molecular weight excluding hydrogens is 364 g/mol. The summed E-state index contributed by atoms with van der Waals surface area (Å²) in [7, 11) is 0.925. The second-order valence-corrected chi connectivity index (χ2v) is 8.48. The molecule has 27 heavy (non-hydrogen) atoms. The number of ether oxygens (including phenoxy) is 1. The molecule has 2 aromatic rings. The summed E-state index contributed by atoms with van der Waals surface area (Å²) >= 11 is 0. The van der Waals surface area contributed by atoms with Gasteiger partial charge in [0.1, 0.15) is 5.75 Å². The van der Waals surface area contributed by atoms with E-state index < -0.39 is 10.0 Å². The molecule has 2 aromatic carbocycles. The highest BCUT2D eigenvalue weighted by molar-refractivity contribution is 7.89. The molecule has 0 spiro atoms. The highest BCUT2D eigenvalue weighted by atomic mass is 32.2. The van der Waals surface area contributed by atoms with Gasteiger partial charge in [-0.3, -0.25) is 4.79 Å². The van der Waals surface area contributed by atoms with Crippen molar-refractivity contribution in [3.05, 3.63) is 59.2 Å². The van der Waals surface area contributed by atoms with E-state index in [0.717, 1.165) is 21.0 Å². The molecule has 0 unspecified atom stereocenters. The second-order valence-electron chi connectivity index (χ2n) is 6.33. The molecule has 2 rings (SSSR count). The average Bonchev–Trinajstić information content (AvgIpc) is 2.61. The van der Waals surface area contributed by atoms with Gasteiger partial charge in [0.05, 0.1) is 12.0 Å². The Hall–Kier alpha value is -2.64. The number of nitrogens with zero attached hydrogens (tertiary/aromatic N) is 1. The highest BCUT2D eigenvalue weighted by Gasteiger charge is 2.18. The topological polar surface area (TPSA) is 75.7 Å². The summed E-state index contributed by atoms with van der Waals surface area (Å²) in [5.41, 5.74) is 3.05. The van der Waals surface area contributed by atoms with Gasteiger partial charge >= 0.3 is 0 Å². The molecule has 144 valence electrons. The minimum atomic E-state index is -3.57. The predicted molar refractivity (Wildman–Crippen MR) is 107 cm³/mol. The molecule has 6 nitrogen and oxygen atoms in total. The van der Waals surface area contributed by atoms with Crippen LogP contribution >= 0.6 is 0 Å². The zero-order valence-electron chi connectivity index (χ0n) is 16.1. The van der Waals surface area contributed by atoms with Gasteiger partial charge in [0.2, 0.25) is 15.9 Å². The van der Waals surface area contributed by atoms with E-state index in [9.17, 15) is 13.2 Å². The van der Waals surface area contributed by atoms with Gasteiger partial charge in [-0.2, -0.15) is 0 Å². The quantitative estimate of drug-likeness (QED) is 0.771. The Morgan fingerprint density at radius 1 is 1.11 bits per heavy atom. The van der Waals surface area contributed by atoms with Gasteiger partial charge in [0.15, 0.2) is 0 Å². The molecule has 0 fully saturated rings. The molecular formula is C20H24N2O4S. The number of rotatable bonds is 6. The van der Waals surface area contributed by atoms with E-state index in [0.29, 0.717) is 11.4 Å². The van der Waals surface area contributed by atoms with Crippen molar-refractivity contribution < 1.29 is 17.9 Å². The van der Waals surface area contributed by atoms with Crippen LogP contribution in [0.3, 0.4) is 0 Å². The fraction of sp³-hybridized carbons (Fsp3) is 0.250. The second kappa shape index (κ2) is 8.37. The first kappa shape index (κ1) is 20.7. The van der Waals surface area contributed by atoms with Gasteiger partial charge in [-0.15, -0.1) is 0 Å². The Morgan fingerprint density at radius 2 is 1.81 bits per heavy atom. The van der Waals surface area contributed by atoms with Crippen LogP contribution in [-0.2, 0) is 14.8 Å². The van der Waals surface area contributed by atoms with E-state index in [-0.39, 0.29) is 10.8 Å². The SMILES string of the molecule is COc1ccc(C)cc1/C=C/C(=O)Nc1cc(S(=O)(=O)N(C)C)ccc1C. The normalized spacial score (nSPS) is 11.8. The maximum atomic E-state index is 12.3. The van der Waals surface area contributed by atoms with Gasteiger partial charge in [0.25, 0.3) is 0 Å². The third-order valence-corrected chi connectivity index (χ3v) is 5.86. The Morgan fingerprint density at radius 3 is 2.44 bits per heavy atom. The molecule has 0 aromatic heterocycles. The van der Waals surface area contributed by atoms with Crippen LogP contribution in [0.4, 0.5) is 5.69 Å². The first-order valence-corrected chi connectivity index (χ1v) is 9.76. The lowest BCUT2D eigenvalue weighted by atomic mass is 10.1. The summed E-state index contributed by atoms with van der Waals surface area (Å²) in [6, 6.07) is 10.3. The number of carbonyl (C=O) groups is 1. The van der Waals surface area contributed by atoms with E-state index in [1.165, 1.54) is 32.3 Å². The molecule has 0 bridgehead atoms. The molecule has 7 heteroatoms. The third-order valence-electron chi connectivity index (χ3n) is 4.04. The minimum Gasteiger partial charge on any atom is -0.496 e. The molecule has 0 aliphatic heterocycles. The van der Waals surface area contributed by atoms with E-state index in [2.05, 4.69) is 5.32 Å². The molecule has 0 radical (unpaired) electrons. The van der Waals surface area contributed by atoms with Crippen LogP contribution in [0.25, 0.3) is 6.08 Å². The molecule has 0 heterocycles. The van der Waals surface area contributed by atoms with Crippen LogP contribution in [0.5, 0.6) is 5.75 Å². The average molecular weight is 388 g/mol. The molecule has 0 saturated carbocycles. The van der Waals surface area contributed by atoms with Crippen molar-refractivity contribution in [2.45, 2.75) is 18.7 Å². The molecule has 0 aliphatic carbocycles. The summed E-state index contributed by atoms with van der Waals surface area (Å²) in [5, 5.41) is 2.73. The fourth-order valence-electron chi connectivity index (χ4n) is 2.43. The van der Waals surface area contributed by atoms with Crippen LogP contribution in [0.2, 0.25) is 0 Å².